The molecule has 8 heteroatoms. The van der Waals surface area contributed by atoms with Crippen molar-refractivity contribution >= 4 is 27.6 Å². The Balaban J connectivity index is 1.93. The zero-order valence-electron chi connectivity index (χ0n) is 19.5. The molecular weight excluding hydrogens is 500 g/mol. The van der Waals surface area contributed by atoms with Crippen molar-refractivity contribution in [2.24, 2.45) is 0 Å². The molecule has 0 radical (unpaired) electrons. The van der Waals surface area contributed by atoms with E-state index in [9.17, 15) is 4.79 Å². The number of hydrogen-bond acceptors (Lipinski definition) is 7. The molecule has 0 spiro atoms. The van der Waals surface area contributed by atoms with Crippen LogP contribution in [0.1, 0.15) is 28.9 Å². The van der Waals surface area contributed by atoms with E-state index in [0.29, 0.717) is 17.2 Å². The quantitative estimate of drug-likeness (QED) is 0.426. The van der Waals surface area contributed by atoms with Gasteiger partial charge in [-0.3, -0.25) is 9.69 Å². The van der Waals surface area contributed by atoms with Crippen LogP contribution < -0.4 is 19.5 Å². The van der Waals surface area contributed by atoms with E-state index < -0.39 is 0 Å². The second kappa shape index (κ2) is 10.4. The van der Waals surface area contributed by atoms with Crippen LogP contribution in [0.25, 0.3) is 0 Å². The van der Waals surface area contributed by atoms with E-state index in [1.165, 1.54) is 7.11 Å². The average Bonchev–Trinajstić information content (AvgIpc) is 2.87. The summed E-state index contributed by atoms with van der Waals surface area (Å²) in [5, 5.41) is 3.61. The van der Waals surface area contributed by atoms with E-state index in [0.717, 1.165) is 26.9 Å². The lowest BCUT2D eigenvalue weighted by Crippen LogP contribution is -2.44. The van der Waals surface area contributed by atoms with Gasteiger partial charge in [0.25, 0.3) is 0 Å². The maximum atomic E-state index is 12.6. The van der Waals surface area contributed by atoms with Crippen LogP contribution in [0.2, 0.25) is 0 Å². The number of esters is 1. The second-order valence-electron chi connectivity index (χ2n) is 7.80. The van der Waals surface area contributed by atoms with Gasteiger partial charge >= 0.3 is 5.97 Å². The van der Waals surface area contributed by atoms with Crippen molar-refractivity contribution in [3.63, 3.8) is 0 Å². The van der Waals surface area contributed by atoms with E-state index >= 15 is 0 Å². The summed E-state index contributed by atoms with van der Waals surface area (Å²) in [6.07, 6.45) is -0.383. The monoisotopic (exact) mass is 526 g/mol. The summed E-state index contributed by atoms with van der Waals surface area (Å²) in [7, 11) is 6.14. The maximum absolute atomic E-state index is 12.6. The Hall–Kier alpha value is -3.23. The Labute approximate surface area is 207 Å². The lowest BCUT2D eigenvalue weighted by Gasteiger charge is -2.44. The first kappa shape index (κ1) is 23.9. The number of methoxy groups -OCH3 is 4. The van der Waals surface area contributed by atoms with Gasteiger partial charge in [0.2, 0.25) is 5.75 Å². The van der Waals surface area contributed by atoms with Gasteiger partial charge in [0.05, 0.1) is 41.0 Å². The van der Waals surface area contributed by atoms with Gasteiger partial charge in [-0.2, -0.15) is 0 Å². The Morgan fingerprint density at radius 1 is 0.912 bits per heavy atom. The number of hydrogen-bond donors (Lipinski definition) is 1. The summed E-state index contributed by atoms with van der Waals surface area (Å²) in [6, 6.07) is 19.8. The number of carbonyl (C=O) groups excluding carboxylic acids is 1. The van der Waals surface area contributed by atoms with Crippen molar-refractivity contribution in [3.05, 3.63) is 81.8 Å². The highest BCUT2D eigenvalue weighted by molar-refractivity contribution is 9.10. The van der Waals surface area contributed by atoms with Crippen molar-refractivity contribution in [2.75, 3.05) is 40.3 Å². The number of carbonyl (C=O) groups is 1. The summed E-state index contributed by atoms with van der Waals surface area (Å²) in [6.45, 7) is 0.0658. The maximum Gasteiger partial charge on any atom is 0.319 e. The summed E-state index contributed by atoms with van der Waals surface area (Å²) in [5.41, 5.74) is 3.93. The number of rotatable bonds is 7. The highest BCUT2D eigenvalue weighted by Crippen LogP contribution is 2.47. The van der Waals surface area contributed by atoms with Crippen LogP contribution in [0, 0.1) is 0 Å². The van der Waals surface area contributed by atoms with Crippen molar-refractivity contribution < 1.29 is 23.7 Å². The molecule has 3 aromatic rings. The van der Waals surface area contributed by atoms with E-state index in [1.807, 2.05) is 42.5 Å². The molecule has 0 aliphatic carbocycles. The van der Waals surface area contributed by atoms with E-state index in [1.54, 1.807) is 21.3 Å². The largest absolute Gasteiger partial charge is 0.493 e. The molecule has 0 saturated carbocycles. The summed E-state index contributed by atoms with van der Waals surface area (Å²) < 4.78 is 22.7. The zero-order chi connectivity index (χ0) is 24.2. The fourth-order valence-electron chi connectivity index (χ4n) is 4.39. The van der Waals surface area contributed by atoms with Crippen molar-refractivity contribution in [3.8, 4) is 17.2 Å². The lowest BCUT2D eigenvalue weighted by molar-refractivity contribution is -0.143. The Morgan fingerprint density at radius 2 is 1.59 bits per heavy atom. The minimum absolute atomic E-state index is 0.0658. The third kappa shape index (κ3) is 4.56. The molecule has 0 fully saturated rings. The fourth-order valence-corrected chi connectivity index (χ4v) is 4.76. The molecule has 1 aliphatic heterocycles. The molecule has 4 rings (SSSR count). The lowest BCUT2D eigenvalue weighted by atomic mass is 9.91. The number of ether oxygens (including phenoxy) is 4. The first-order valence-corrected chi connectivity index (χ1v) is 11.5. The smallest absolute Gasteiger partial charge is 0.319 e. The van der Waals surface area contributed by atoms with Gasteiger partial charge in [0, 0.05) is 10.2 Å². The molecule has 3 aromatic carbocycles. The standard InChI is InChI=1S/C26H27BrN2O5/c1-31-21-12-17(13-22(32-2)25(21)34-4)26-28-20-11-10-18(27)14-19(20)24(16-8-6-5-7-9-16)29(26)15-23(30)33-3/h5-14,24,26,28H,15H2,1-4H3/t24-,26+/m0/s1. The average molecular weight is 527 g/mol. The number of halogens is 1. The highest BCUT2D eigenvalue weighted by Gasteiger charge is 2.38. The minimum Gasteiger partial charge on any atom is -0.493 e. The number of fused-ring (bicyclic) bond motifs is 1. The summed E-state index contributed by atoms with van der Waals surface area (Å²) in [5.74, 6) is 1.25. The molecule has 7 nitrogen and oxygen atoms in total. The normalized spacial score (nSPS) is 17.3. The molecule has 178 valence electrons. The Bertz CT molecular complexity index is 1150. The molecule has 1 heterocycles. The first-order chi connectivity index (χ1) is 16.5. The molecule has 1 N–H and O–H groups in total. The predicted octanol–water partition coefficient (Wildman–Crippen LogP) is 5.16. The van der Waals surface area contributed by atoms with Crippen LogP contribution >= 0.6 is 15.9 Å². The van der Waals surface area contributed by atoms with E-state index in [2.05, 4.69) is 44.3 Å². The number of anilines is 1. The van der Waals surface area contributed by atoms with Crippen molar-refractivity contribution in [1.82, 2.24) is 4.90 Å². The van der Waals surface area contributed by atoms with Gasteiger partial charge in [0.1, 0.15) is 6.17 Å². The van der Waals surface area contributed by atoms with Gasteiger partial charge in [0.15, 0.2) is 11.5 Å². The third-order valence-corrected chi connectivity index (χ3v) is 6.41. The SMILES string of the molecule is COC(=O)CN1[C@@H](c2ccccc2)c2cc(Br)ccc2N[C@H]1c1cc(OC)c(OC)c(OC)c1. The Kier molecular flexibility index (Phi) is 7.29. The molecule has 0 aromatic heterocycles. The molecule has 0 unspecified atom stereocenters. The summed E-state index contributed by atoms with van der Waals surface area (Å²) >= 11 is 3.60. The summed E-state index contributed by atoms with van der Waals surface area (Å²) in [4.78, 5) is 14.7. The van der Waals surface area contributed by atoms with Crippen LogP contribution in [0.3, 0.4) is 0 Å². The molecule has 0 bridgehead atoms. The molecule has 0 amide bonds. The number of nitrogens with zero attached hydrogens (tertiary/aromatic N) is 1. The van der Waals surface area contributed by atoms with Crippen LogP contribution in [-0.4, -0.2) is 45.9 Å². The molecule has 0 saturated heterocycles. The zero-order valence-corrected chi connectivity index (χ0v) is 21.1. The van der Waals surface area contributed by atoms with Crippen LogP contribution in [0.4, 0.5) is 5.69 Å². The minimum atomic E-state index is -0.383. The van der Waals surface area contributed by atoms with Gasteiger partial charge < -0.3 is 24.3 Å². The third-order valence-electron chi connectivity index (χ3n) is 5.92. The second-order valence-corrected chi connectivity index (χ2v) is 8.71. The van der Waals surface area contributed by atoms with E-state index in [-0.39, 0.29) is 24.7 Å². The fraction of sp³-hybridized carbons (Fsp3) is 0.269. The van der Waals surface area contributed by atoms with Crippen LogP contribution in [0.5, 0.6) is 17.2 Å². The van der Waals surface area contributed by atoms with Crippen LogP contribution in [0.15, 0.2) is 65.1 Å². The van der Waals surface area contributed by atoms with Crippen molar-refractivity contribution in [1.29, 1.82) is 0 Å². The highest BCUT2D eigenvalue weighted by atomic mass is 79.9. The molecular formula is C26H27BrN2O5. The molecule has 34 heavy (non-hydrogen) atoms. The first-order valence-electron chi connectivity index (χ1n) is 10.7. The van der Waals surface area contributed by atoms with Gasteiger partial charge in [-0.1, -0.05) is 46.3 Å². The molecule has 1 aliphatic rings. The number of benzene rings is 3. The van der Waals surface area contributed by atoms with Crippen molar-refractivity contribution in [2.45, 2.75) is 12.2 Å². The Morgan fingerprint density at radius 3 is 2.18 bits per heavy atom. The topological polar surface area (TPSA) is 69.3 Å². The van der Waals surface area contributed by atoms with Gasteiger partial charge in [-0.25, -0.2) is 0 Å². The van der Waals surface area contributed by atoms with Crippen LogP contribution in [-0.2, 0) is 9.53 Å². The van der Waals surface area contributed by atoms with Gasteiger partial charge in [-0.05, 0) is 47.0 Å². The van der Waals surface area contributed by atoms with Gasteiger partial charge in [-0.15, -0.1) is 0 Å². The number of nitrogens with one attached hydrogen (secondary N) is 1. The van der Waals surface area contributed by atoms with E-state index in [4.69, 9.17) is 18.9 Å². The molecule has 2 atom stereocenters. The predicted molar refractivity (Wildman–Crippen MR) is 134 cm³/mol.